The molecule has 0 aromatic heterocycles. The van der Waals surface area contributed by atoms with Gasteiger partial charge in [0, 0.05) is 29.6 Å². The van der Waals surface area contributed by atoms with Gasteiger partial charge in [-0.1, -0.05) is 72.6 Å². The predicted octanol–water partition coefficient (Wildman–Crippen LogP) is 5.85. The van der Waals surface area contributed by atoms with Crippen LogP contribution in [-0.2, 0) is 22.6 Å². The van der Waals surface area contributed by atoms with Crippen molar-refractivity contribution in [3.8, 4) is 5.75 Å². The van der Waals surface area contributed by atoms with E-state index in [1.165, 1.54) is 0 Å². The molecule has 0 fully saturated rings. The van der Waals surface area contributed by atoms with Gasteiger partial charge in [0.05, 0.1) is 0 Å². The number of hydrogen-bond donors (Lipinski definition) is 1. The number of carbonyl (C=O) groups excluding carboxylic acids is 2. The highest BCUT2D eigenvalue weighted by Gasteiger charge is 2.30. The van der Waals surface area contributed by atoms with Gasteiger partial charge in [-0.05, 0) is 60.4 Å². The van der Waals surface area contributed by atoms with E-state index < -0.39 is 6.04 Å². The van der Waals surface area contributed by atoms with Crippen molar-refractivity contribution in [3.63, 3.8) is 0 Å². The van der Waals surface area contributed by atoms with Crippen molar-refractivity contribution in [1.29, 1.82) is 0 Å². The second-order valence-electron chi connectivity index (χ2n) is 8.34. The molecular formula is C28H30Cl2N2O3. The number of carbonyl (C=O) groups is 2. The van der Waals surface area contributed by atoms with Crippen molar-refractivity contribution in [2.75, 3.05) is 13.2 Å². The molecule has 0 aliphatic rings. The molecule has 0 bridgehead atoms. The summed E-state index contributed by atoms with van der Waals surface area (Å²) >= 11 is 12.2. The number of amides is 2. The Bertz CT molecular complexity index is 1120. The lowest BCUT2D eigenvalue weighted by atomic mass is 10.0. The van der Waals surface area contributed by atoms with Crippen molar-refractivity contribution in [2.24, 2.45) is 0 Å². The monoisotopic (exact) mass is 512 g/mol. The van der Waals surface area contributed by atoms with Crippen molar-refractivity contribution < 1.29 is 14.3 Å². The average molecular weight is 513 g/mol. The Morgan fingerprint density at radius 2 is 1.69 bits per heavy atom. The minimum absolute atomic E-state index is 0.194. The van der Waals surface area contributed by atoms with Crippen LogP contribution in [-0.4, -0.2) is 35.9 Å². The lowest BCUT2D eigenvalue weighted by Gasteiger charge is -2.31. The van der Waals surface area contributed by atoms with Crippen LogP contribution in [0, 0.1) is 6.92 Å². The van der Waals surface area contributed by atoms with E-state index in [0.29, 0.717) is 28.8 Å². The number of nitrogens with zero attached hydrogens (tertiary/aromatic N) is 1. The summed E-state index contributed by atoms with van der Waals surface area (Å²) in [5.74, 6) is 0.0576. The molecule has 0 aliphatic heterocycles. The summed E-state index contributed by atoms with van der Waals surface area (Å²) in [5.41, 5.74) is 2.69. The molecule has 1 atom stereocenters. The van der Waals surface area contributed by atoms with Gasteiger partial charge in [0.2, 0.25) is 5.91 Å². The number of nitrogens with one attached hydrogen (secondary N) is 1. The van der Waals surface area contributed by atoms with Crippen LogP contribution in [0.4, 0.5) is 0 Å². The normalized spacial score (nSPS) is 11.5. The summed E-state index contributed by atoms with van der Waals surface area (Å²) in [4.78, 5) is 28.4. The first-order valence-corrected chi connectivity index (χ1v) is 12.4. The highest BCUT2D eigenvalue weighted by Crippen LogP contribution is 2.22. The number of hydrogen-bond acceptors (Lipinski definition) is 3. The number of ether oxygens (including phenoxy) is 1. The number of aryl methyl sites for hydroxylation is 1. The fourth-order valence-corrected chi connectivity index (χ4v) is 3.88. The molecule has 0 saturated heterocycles. The lowest BCUT2D eigenvalue weighted by Crippen LogP contribution is -2.51. The molecule has 0 unspecified atom stereocenters. The Labute approximate surface area is 217 Å². The van der Waals surface area contributed by atoms with Crippen molar-refractivity contribution in [3.05, 3.63) is 99.5 Å². The third kappa shape index (κ3) is 8.01. The minimum atomic E-state index is -0.706. The largest absolute Gasteiger partial charge is 0.484 e. The van der Waals surface area contributed by atoms with Crippen LogP contribution in [0.25, 0.3) is 0 Å². The van der Waals surface area contributed by atoms with E-state index in [0.717, 1.165) is 23.1 Å². The Morgan fingerprint density at radius 1 is 0.971 bits per heavy atom. The van der Waals surface area contributed by atoms with Gasteiger partial charge in [-0.3, -0.25) is 9.59 Å². The molecule has 1 N–H and O–H groups in total. The molecule has 3 rings (SSSR count). The van der Waals surface area contributed by atoms with E-state index in [9.17, 15) is 9.59 Å². The van der Waals surface area contributed by atoms with Crippen molar-refractivity contribution >= 4 is 35.0 Å². The molecule has 0 aliphatic carbocycles. The minimum Gasteiger partial charge on any atom is -0.484 e. The molecule has 0 heterocycles. The van der Waals surface area contributed by atoms with Gasteiger partial charge in [-0.15, -0.1) is 0 Å². The highest BCUT2D eigenvalue weighted by atomic mass is 35.5. The first-order chi connectivity index (χ1) is 16.9. The van der Waals surface area contributed by atoms with E-state index in [1.807, 2.05) is 56.3 Å². The van der Waals surface area contributed by atoms with Crippen LogP contribution in [0.5, 0.6) is 5.75 Å². The van der Waals surface area contributed by atoms with Crippen molar-refractivity contribution in [2.45, 2.75) is 39.3 Å². The van der Waals surface area contributed by atoms with Crippen LogP contribution >= 0.6 is 23.2 Å². The maximum atomic E-state index is 13.5. The maximum absolute atomic E-state index is 13.5. The molecule has 0 saturated carbocycles. The third-order valence-electron chi connectivity index (χ3n) is 5.58. The molecule has 5 nitrogen and oxygen atoms in total. The van der Waals surface area contributed by atoms with Crippen LogP contribution in [0.3, 0.4) is 0 Å². The zero-order valence-electron chi connectivity index (χ0n) is 20.0. The highest BCUT2D eigenvalue weighted by molar-refractivity contribution is 6.31. The SMILES string of the molecule is CCCNC(=O)[C@H](Cc1ccccc1)N(Cc1ccc(Cl)cc1)C(=O)COc1ccc(Cl)c(C)c1. The van der Waals surface area contributed by atoms with Gasteiger partial charge >= 0.3 is 0 Å². The first-order valence-electron chi connectivity index (χ1n) is 11.6. The van der Waals surface area contributed by atoms with Crippen molar-refractivity contribution in [1.82, 2.24) is 10.2 Å². The first kappa shape index (κ1) is 26.6. The molecule has 184 valence electrons. The van der Waals surface area contributed by atoms with Gasteiger partial charge in [-0.25, -0.2) is 0 Å². The quantitative estimate of drug-likeness (QED) is 0.350. The Kier molecular flexibility index (Phi) is 10.0. The summed E-state index contributed by atoms with van der Waals surface area (Å²) < 4.78 is 5.80. The van der Waals surface area contributed by atoms with E-state index >= 15 is 0 Å². The molecule has 3 aromatic carbocycles. The number of rotatable bonds is 11. The van der Waals surface area contributed by atoms with E-state index in [1.54, 1.807) is 35.2 Å². The Morgan fingerprint density at radius 3 is 2.34 bits per heavy atom. The summed E-state index contributed by atoms with van der Waals surface area (Å²) in [6.07, 6.45) is 1.18. The van der Waals surface area contributed by atoms with Gasteiger partial charge in [-0.2, -0.15) is 0 Å². The molecule has 0 radical (unpaired) electrons. The summed E-state index contributed by atoms with van der Waals surface area (Å²) in [5, 5.41) is 4.20. The van der Waals surface area contributed by atoms with E-state index in [2.05, 4.69) is 5.32 Å². The van der Waals surface area contributed by atoms with E-state index in [-0.39, 0.29) is 25.0 Å². The third-order valence-corrected chi connectivity index (χ3v) is 6.25. The molecule has 3 aromatic rings. The summed E-state index contributed by atoms with van der Waals surface area (Å²) in [7, 11) is 0. The summed E-state index contributed by atoms with van der Waals surface area (Å²) in [6.45, 7) is 4.44. The average Bonchev–Trinajstić information content (AvgIpc) is 2.87. The van der Waals surface area contributed by atoms with Gasteiger partial charge in [0.15, 0.2) is 6.61 Å². The van der Waals surface area contributed by atoms with Crippen LogP contribution < -0.4 is 10.1 Å². The fraction of sp³-hybridized carbons (Fsp3) is 0.286. The van der Waals surface area contributed by atoms with E-state index in [4.69, 9.17) is 27.9 Å². The zero-order chi connectivity index (χ0) is 25.2. The van der Waals surface area contributed by atoms with Gasteiger partial charge in [0.25, 0.3) is 5.91 Å². The topological polar surface area (TPSA) is 58.6 Å². The lowest BCUT2D eigenvalue weighted by molar-refractivity contribution is -0.142. The summed E-state index contributed by atoms with van der Waals surface area (Å²) in [6, 6.07) is 21.5. The number of halogens is 2. The number of benzene rings is 3. The standard InChI is InChI=1S/C28H30Cl2N2O3/c1-3-15-31-28(34)26(17-21-7-5-4-6-8-21)32(18-22-9-11-23(29)12-10-22)27(33)19-35-24-13-14-25(30)20(2)16-24/h4-14,16,26H,3,15,17-19H2,1-2H3,(H,31,34)/t26-/m0/s1. The molecule has 2 amide bonds. The second-order valence-corrected chi connectivity index (χ2v) is 9.19. The van der Waals surface area contributed by atoms with Gasteiger partial charge < -0.3 is 15.0 Å². The Hall–Kier alpha value is -3.02. The molecule has 0 spiro atoms. The van der Waals surface area contributed by atoms with Gasteiger partial charge in [0.1, 0.15) is 11.8 Å². The Balaban J connectivity index is 1.88. The van der Waals surface area contributed by atoms with Crippen LogP contribution in [0.2, 0.25) is 10.0 Å². The smallest absolute Gasteiger partial charge is 0.261 e. The fourth-order valence-electron chi connectivity index (χ4n) is 3.64. The molecule has 35 heavy (non-hydrogen) atoms. The van der Waals surface area contributed by atoms with Crippen LogP contribution in [0.15, 0.2) is 72.8 Å². The maximum Gasteiger partial charge on any atom is 0.261 e. The zero-order valence-corrected chi connectivity index (χ0v) is 21.5. The molecule has 7 heteroatoms. The predicted molar refractivity (Wildman–Crippen MR) is 141 cm³/mol. The van der Waals surface area contributed by atoms with Crippen LogP contribution in [0.1, 0.15) is 30.0 Å². The second kappa shape index (κ2) is 13.2. The molecular weight excluding hydrogens is 483 g/mol.